The average molecular weight is 331 g/mol. The third kappa shape index (κ3) is 3.80. The molecule has 128 valence electrons. The Morgan fingerprint density at radius 3 is 3.08 bits per heavy atom. The van der Waals surface area contributed by atoms with Crippen LogP contribution in [0, 0.1) is 16.0 Å². The van der Waals surface area contributed by atoms with Crippen molar-refractivity contribution in [1.82, 2.24) is 9.88 Å². The molecule has 7 heteroatoms. The first-order chi connectivity index (χ1) is 11.5. The van der Waals surface area contributed by atoms with Crippen molar-refractivity contribution >= 4 is 5.69 Å². The van der Waals surface area contributed by atoms with Crippen molar-refractivity contribution in [2.24, 2.45) is 5.92 Å². The number of aromatic nitrogens is 1. The van der Waals surface area contributed by atoms with Gasteiger partial charge in [-0.2, -0.15) is 0 Å². The quantitative estimate of drug-likeness (QED) is 0.668. The van der Waals surface area contributed by atoms with Crippen molar-refractivity contribution < 1.29 is 14.4 Å². The summed E-state index contributed by atoms with van der Waals surface area (Å²) in [7, 11) is 0. The molecule has 0 spiro atoms. The molecule has 1 aliphatic heterocycles. The van der Waals surface area contributed by atoms with E-state index in [1.54, 1.807) is 18.3 Å². The molecule has 2 unspecified atom stereocenters. The highest BCUT2D eigenvalue weighted by molar-refractivity contribution is 5.60. The molecule has 1 aliphatic rings. The zero-order chi connectivity index (χ0) is 17.1. The first-order valence-corrected chi connectivity index (χ1v) is 8.13. The van der Waals surface area contributed by atoms with E-state index in [2.05, 4.69) is 16.8 Å². The zero-order valence-electron chi connectivity index (χ0n) is 13.6. The van der Waals surface area contributed by atoms with Crippen LogP contribution in [0.5, 0.6) is 0 Å². The fourth-order valence-electron chi connectivity index (χ4n) is 2.90. The Hall–Kier alpha value is -2.25. The highest BCUT2D eigenvalue weighted by Gasteiger charge is 2.24. The number of hydrogen-bond acceptors (Lipinski definition) is 6. The highest BCUT2D eigenvalue weighted by Crippen LogP contribution is 2.25. The minimum absolute atomic E-state index is 0.0295. The first kappa shape index (κ1) is 16.6. The number of likely N-dealkylation sites (tertiary alicyclic amines) is 1. The van der Waals surface area contributed by atoms with Crippen molar-refractivity contribution in [3.8, 4) is 11.3 Å². The van der Waals surface area contributed by atoms with E-state index in [0.29, 0.717) is 36.1 Å². The van der Waals surface area contributed by atoms with Crippen LogP contribution in [0.1, 0.15) is 19.2 Å². The van der Waals surface area contributed by atoms with Gasteiger partial charge in [-0.25, -0.2) is 4.98 Å². The SMILES string of the molecule is CC1CCN(CCc2ncc(-c3cccc([N+](=O)[O-])c3)o2)CC1O. The number of aliphatic hydroxyl groups excluding tert-OH is 1. The summed E-state index contributed by atoms with van der Waals surface area (Å²) in [6.45, 7) is 4.50. The number of non-ortho nitro benzene ring substituents is 1. The molecule has 1 aromatic carbocycles. The molecule has 1 N–H and O–H groups in total. The van der Waals surface area contributed by atoms with Gasteiger partial charge >= 0.3 is 0 Å². The minimum Gasteiger partial charge on any atom is -0.441 e. The number of hydrogen-bond donors (Lipinski definition) is 1. The van der Waals surface area contributed by atoms with E-state index in [1.165, 1.54) is 12.1 Å². The van der Waals surface area contributed by atoms with E-state index < -0.39 is 4.92 Å². The van der Waals surface area contributed by atoms with Crippen LogP contribution in [-0.4, -0.2) is 45.7 Å². The molecular weight excluding hydrogens is 310 g/mol. The van der Waals surface area contributed by atoms with Crippen molar-refractivity contribution in [1.29, 1.82) is 0 Å². The Morgan fingerprint density at radius 2 is 2.33 bits per heavy atom. The molecule has 0 radical (unpaired) electrons. The summed E-state index contributed by atoms with van der Waals surface area (Å²) < 4.78 is 5.72. The van der Waals surface area contributed by atoms with Crippen LogP contribution in [0.2, 0.25) is 0 Å². The van der Waals surface area contributed by atoms with E-state index in [9.17, 15) is 15.2 Å². The first-order valence-electron chi connectivity index (χ1n) is 8.13. The van der Waals surface area contributed by atoms with Crippen LogP contribution < -0.4 is 0 Å². The second-order valence-corrected chi connectivity index (χ2v) is 6.31. The predicted molar refractivity (Wildman–Crippen MR) is 88.5 cm³/mol. The summed E-state index contributed by atoms with van der Waals surface area (Å²) in [6, 6.07) is 6.32. The lowest BCUT2D eigenvalue weighted by Crippen LogP contribution is -2.43. The molecule has 3 rings (SSSR count). The summed E-state index contributed by atoms with van der Waals surface area (Å²) in [5, 5.41) is 20.8. The van der Waals surface area contributed by atoms with Gasteiger partial charge < -0.3 is 14.4 Å². The zero-order valence-corrected chi connectivity index (χ0v) is 13.6. The number of β-amino-alcohol motifs (C(OH)–C–C–N with tert-alkyl or cyclic N) is 1. The van der Waals surface area contributed by atoms with E-state index in [-0.39, 0.29) is 11.8 Å². The van der Waals surface area contributed by atoms with Gasteiger partial charge in [0.1, 0.15) is 0 Å². The normalized spacial score (nSPS) is 21.8. The van der Waals surface area contributed by atoms with Gasteiger partial charge in [-0.15, -0.1) is 0 Å². The van der Waals surface area contributed by atoms with E-state index >= 15 is 0 Å². The van der Waals surface area contributed by atoms with Gasteiger partial charge in [0.15, 0.2) is 11.7 Å². The summed E-state index contributed by atoms with van der Waals surface area (Å²) in [6.07, 6.45) is 2.96. The van der Waals surface area contributed by atoms with E-state index in [4.69, 9.17) is 4.42 Å². The van der Waals surface area contributed by atoms with Gasteiger partial charge in [0.05, 0.1) is 17.2 Å². The predicted octanol–water partition coefficient (Wildman–Crippen LogP) is 2.50. The lowest BCUT2D eigenvalue weighted by Gasteiger charge is -2.33. The van der Waals surface area contributed by atoms with Crippen LogP contribution in [0.4, 0.5) is 5.69 Å². The Morgan fingerprint density at radius 1 is 1.50 bits per heavy atom. The molecule has 7 nitrogen and oxygen atoms in total. The number of benzene rings is 1. The number of nitro benzene ring substituents is 1. The fourth-order valence-corrected chi connectivity index (χ4v) is 2.90. The van der Waals surface area contributed by atoms with Gasteiger partial charge in [0.2, 0.25) is 0 Å². The summed E-state index contributed by atoms with van der Waals surface area (Å²) in [5.74, 6) is 1.48. The molecule has 2 heterocycles. The van der Waals surface area contributed by atoms with Crippen molar-refractivity contribution in [2.45, 2.75) is 25.9 Å². The molecule has 24 heavy (non-hydrogen) atoms. The monoisotopic (exact) mass is 331 g/mol. The maximum Gasteiger partial charge on any atom is 0.270 e. The maximum atomic E-state index is 10.9. The van der Waals surface area contributed by atoms with Crippen LogP contribution in [-0.2, 0) is 6.42 Å². The Labute approximate surface area is 140 Å². The maximum absolute atomic E-state index is 10.9. The number of aliphatic hydroxyl groups is 1. The third-order valence-corrected chi connectivity index (χ3v) is 4.54. The van der Waals surface area contributed by atoms with Crippen molar-refractivity contribution in [2.75, 3.05) is 19.6 Å². The van der Waals surface area contributed by atoms with Gasteiger partial charge in [0, 0.05) is 37.2 Å². The van der Waals surface area contributed by atoms with Crippen molar-refractivity contribution in [3.05, 3.63) is 46.5 Å². The van der Waals surface area contributed by atoms with Crippen molar-refractivity contribution in [3.63, 3.8) is 0 Å². The Bertz CT molecular complexity index is 715. The Kier molecular flexibility index (Phi) is 4.92. The molecule has 0 amide bonds. The van der Waals surface area contributed by atoms with E-state index in [0.717, 1.165) is 19.5 Å². The Balaban J connectivity index is 1.62. The number of oxazole rings is 1. The van der Waals surface area contributed by atoms with Crippen LogP contribution in [0.3, 0.4) is 0 Å². The number of rotatable bonds is 5. The number of nitro groups is 1. The summed E-state index contributed by atoms with van der Waals surface area (Å²) in [5.41, 5.74) is 0.673. The lowest BCUT2D eigenvalue weighted by molar-refractivity contribution is -0.384. The minimum atomic E-state index is -0.427. The fraction of sp³-hybridized carbons (Fsp3) is 0.471. The summed E-state index contributed by atoms with van der Waals surface area (Å²) >= 11 is 0. The average Bonchev–Trinajstić information content (AvgIpc) is 3.05. The highest BCUT2D eigenvalue weighted by atomic mass is 16.6. The second kappa shape index (κ2) is 7.11. The molecular formula is C17H21N3O4. The molecule has 0 aliphatic carbocycles. The molecule has 1 aromatic heterocycles. The van der Waals surface area contributed by atoms with Gasteiger partial charge in [0.25, 0.3) is 5.69 Å². The summed E-state index contributed by atoms with van der Waals surface area (Å²) in [4.78, 5) is 16.9. The van der Waals surface area contributed by atoms with Crippen LogP contribution in [0.15, 0.2) is 34.9 Å². The standard InChI is InChI=1S/C17H21N3O4/c1-12-5-7-19(11-15(12)21)8-6-17-18-10-16(24-17)13-3-2-4-14(9-13)20(22)23/h2-4,9-10,12,15,21H,5-8,11H2,1H3. The largest absolute Gasteiger partial charge is 0.441 e. The van der Waals surface area contributed by atoms with Crippen LogP contribution in [0.25, 0.3) is 11.3 Å². The number of piperidine rings is 1. The van der Waals surface area contributed by atoms with E-state index in [1.807, 2.05) is 0 Å². The molecule has 2 atom stereocenters. The molecule has 0 bridgehead atoms. The van der Waals surface area contributed by atoms with Gasteiger partial charge in [-0.1, -0.05) is 19.1 Å². The molecule has 1 saturated heterocycles. The second-order valence-electron chi connectivity index (χ2n) is 6.31. The molecule has 0 saturated carbocycles. The third-order valence-electron chi connectivity index (χ3n) is 4.54. The lowest BCUT2D eigenvalue weighted by atomic mass is 9.96. The number of nitrogens with zero attached hydrogens (tertiary/aromatic N) is 3. The smallest absolute Gasteiger partial charge is 0.270 e. The molecule has 1 fully saturated rings. The van der Waals surface area contributed by atoms with Gasteiger partial charge in [-0.05, 0) is 18.9 Å². The van der Waals surface area contributed by atoms with Crippen LogP contribution >= 0.6 is 0 Å². The van der Waals surface area contributed by atoms with Gasteiger partial charge in [-0.3, -0.25) is 10.1 Å². The topological polar surface area (TPSA) is 92.6 Å². The molecule has 2 aromatic rings.